The molecule has 21 heavy (non-hydrogen) atoms. The Labute approximate surface area is 127 Å². The topological polar surface area (TPSA) is 46.3 Å². The van der Waals surface area contributed by atoms with E-state index in [0.717, 1.165) is 42.5 Å². The molecule has 2 rings (SSSR count). The van der Waals surface area contributed by atoms with Gasteiger partial charge >= 0.3 is 0 Å². The van der Waals surface area contributed by atoms with Crippen molar-refractivity contribution in [1.82, 2.24) is 4.90 Å². The molecule has 3 nitrogen and oxygen atoms in total. The van der Waals surface area contributed by atoms with Crippen LogP contribution in [0.3, 0.4) is 0 Å². The van der Waals surface area contributed by atoms with E-state index in [9.17, 15) is 4.79 Å². The van der Waals surface area contributed by atoms with Crippen molar-refractivity contribution in [3.63, 3.8) is 0 Å². The molecule has 0 aromatic heterocycles. The summed E-state index contributed by atoms with van der Waals surface area (Å²) in [7, 11) is 0. The first-order chi connectivity index (χ1) is 10.2. The van der Waals surface area contributed by atoms with E-state index in [2.05, 4.69) is 18.8 Å². The molecule has 3 heteroatoms. The molecule has 1 heterocycles. The van der Waals surface area contributed by atoms with Crippen molar-refractivity contribution in [2.24, 2.45) is 5.73 Å². The van der Waals surface area contributed by atoms with Crippen LogP contribution in [0.15, 0.2) is 18.2 Å². The summed E-state index contributed by atoms with van der Waals surface area (Å²) in [5.74, 6) is 6.01. The van der Waals surface area contributed by atoms with Gasteiger partial charge in [0.05, 0.1) is 6.54 Å². The SMILES string of the molecule is CCC1CCCCN1C(=O)c1cc(C)cc(C#CCN)c1. The molecule has 0 spiro atoms. The molecule has 1 amide bonds. The molecular formula is C18H24N2O. The number of carbonyl (C=O) groups is 1. The van der Waals surface area contributed by atoms with Crippen LogP contribution in [0.4, 0.5) is 0 Å². The number of benzene rings is 1. The van der Waals surface area contributed by atoms with Crippen LogP contribution in [0.25, 0.3) is 0 Å². The molecule has 1 fully saturated rings. The molecule has 1 atom stereocenters. The monoisotopic (exact) mass is 284 g/mol. The van der Waals surface area contributed by atoms with E-state index in [0.29, 0.717) is 12.6 Å². The number of likely N-dealkylation sites (tertiary alicyclic amines) is 1. The van der Waals surface area contributed by atoms with E-state index in [-0.39, 0.29) is 5.91 Å². The molecule has 1 unspecified atom stereocenters. The predicted octanol–water partition coefficient (Wildman–Crippen LogP) is 2.71. The van der Waals surface area contributed by atoms with E-state index in [1.807, 2.05) is 30.0 Å². The largest absolute Gasteiger partial charge is 0.336 e. The lowest BCUT2D eigenvalue weighted by molar-refractivity contribution is 0.0608. The summed E-state index contributed by atoms with van der Waals surface area (Å²) in [6.45, 7) is 5.36. The van der Waals surface area contributed by atoms with E-state index in [1.54, 1.807) is 0 Å². The fourth-order valence-corrected chi connectivity index (χ4v) is 2.99. The van der Waals surface area contributed by atoms with Crippen LogP contribution in [0, 0.1) is 18.8 Å². The van der Waals surface area contributed by atoms with Crippen LogP contribution < -0.4 is 5.73 Å². The minimum atomic E-state index is 0.140. The number of piperidine rings is 1. The maximum absolute atomic E-state index is 12.8. The Balaban J connectivity index is 2.27. The highest BCUT2D eigenvalue weighted by atomic mass is 16.2. The number of carbonyl (C=O) groups excluding carboxylic acids is 1. The molecule has 1 aromatic rings. The fraction of sp³-hybridized carbons (Fsp3) is 0.500. The minimum absolute atomic E-state index is 0.140. The van der Waals surface area contributed by atoms with Gasteiger partial charge in [0.2, 0.25) is 0 Å². The second-order valence-corrected chi connectivity index (χ2v) is 5.65. The quantitative estimate of drug-likeness (QED) is 0.849. The van der Waals surface area contributed by atoms with Crippen molar-refractivity contribution in [2.75, 3.05) is 13.1 Å². The zero-order chi connectivity index (χ0) is 15.2. The number of aryl methyl sites for hydroxylation is 1. The van der Waals surface area contributed by atoms with Gasteiger partial charge in [-0.05, 0) is 56.4 Å². The van der Waals surface area contributed by atoms with Gasteiger partial charge in [0.25, 0.3) is 5.91 Å². The standard InChI is InChI=1S/C18H24N2O/c1-3-17-8-4-5-10-20(17)18(21)16-12-14(2)11-15(13-16)7-6-9-19/h11-13,17H,3-5,8-10,19H2,1-2H3. The van der Waals surface area contributed by atoms with E-state index < -0.39 is 0 Å². The molecule has 1 saturated heterocycles. The zero-order valence-corrected chi connectivity index (χ0v) is 13.0. The molecule has 0 aliphatic carbocycles. The average Bonchev–Trinajstić information content (AvgIpc) is 2.51. The highest BCUT2D eigenvalue weighted by Gasteiger charge is 2.26. The van der Waals surface area contributed by atoms with Crippen molar-refractivity contribution in [3.05, 3.63) is 34.9 Å². The van der Waals surface area contributed by atoms with Crippen molar-refractivity contribution in [2.45, 2.75) is 45.6 Å². The predicted molar refractivity (Wildman–Crippen MR) is 86.1 cm³/mol. The van der Waals surface area contributed by atoms with Gasteiger partial charge in [-0.3, -0.25) is 4.79 Å². The Morgan fingerprint density at radius 2 is 2.19 bits per heavy atom. The molecule has 0 radical (unpaired) electrons. The van der Waals surface area contributed by atoms with Gasteiger partial charge in [-0.15, -0.1) is 0 Å². The first kappa shape index (κ1) is 15.6. The second-order valence-electron chi connectivity index (χ2n) is 5.65. The number of nitrogens with zero attached hydrogens (tertiary/aromatic N) is 1. The number of amides is 1. The van der Waals surface area contributed by atoms with Crippen molar-refractivity contribution >= 4 is 5.91 Å². The summed E-state index contributed by atoms with van der Waals surface area (Å²) in [6.07, 6.45) is 4.47. The third-order valence-electron chi connectivity index (χ3n) is 4.02. The Morgan fingerprint density at radius 3 is 2.90 bits per heavy atom. The van der Waals surface area contributed by atoms with E-state index >= 15 is 0 Å². The van der Waals surface area contributed by atoms with Gasteiger partial charge in [-0.2, -0.15) is 0 Å². The number of hydrogen-bond acceptors (Lipinski definition) is 2. The highest BCUT2D eigenvalue weighted by Crippen LogP contribution is 2.22. The molecule has 2 N–H and O–H groups in total. The summed E-state index contributed by atoms with van der Waals surface area (Å²) < 4.78 is 0. The molecule has 1 aliphatic heterocycles. The van der Waals surface area contributed by atoms with Crippen LogP contribution >= 0.6 is 0 Å². The zero-order valence-electron chi connectivity index (χ0n) is 13.0. The third-order valence-corrected chi connectivity index (χ3v) is 4.02. The Bertz CT molecular complexity index is 568. The Kier molecular flexibility index (Phi) is 5.41. The first-order valence-electron chi connectivity index (χ1n) is 7.77. The Morgan fingerprint density at radius 1 is 1.38 bits per heavy atom. The summed E-state index contributed by atoms with van der Waals surface area (Å²) >= 11 is 0. The Hall–Kier alpha value is -1.79. The molecule has 1 aliphatic rings. The van der Waals surface area contributed by atoms with Crippen molar-refractivity contribution < 1.29 is 4.79 Å². The van der Waals surface area contributed by atoms with Crippen molar-refractivity contribution in [1.29, 1.82) is 0 Å². The maximum Gasteiger partial charge on any atom is 0.254 e. The average molecular weight is 284 g/mol. The van der Waals surface area contributed by atoms with Gasteiger partial charge in [-0.25, -0.2) is 0 Å². The lowest BCUT2D eigenvalue weighted by Crippen LogP contribution is -2.43. The molecular weight excluding hydrogens is 260 g/mol. The van der Waals surface area contributed by atoms with Crippen LogP contribution in [0.1, 0.15) is 54.1 Å². The second kappa shape index (κ2) is 7.28. The maximum atomic E-state index is 12.8. The van der Waals surface area contributed by atoms with Gasteiger partial charge in [0.1, 0.15) is 0 Å². The summed E-state index contributed by atoms with van der Waals surface area (Å²) in [6, 6.07) is 6.22. The minimum Gasteiger partial charge on any atom is -0.336 e. The van der Waals surface area contributed by atoms with Crippen LogP contribution in [-0.4, -0.2) is 29.9 Å². The van der Waals surface area contributed by atoms with Crippen LogP contribution in [0.2, 0.25) is 0 Å². The van der Waals surface area contributed by atoms with Crippen LogP contribution in [-0.2, 0) is 0 Å². The first-order valence-corrected chi connectivity index (χ1v) is 7.77. The van der Waals surface area contributed by atoms with Crippen molar-refractivity contribution in [3.8, 4) is 11.8 Å². The number of hydrogen-bond donors (Lipinski definition) is 1. The molecule has 112 valence electrons. The van der Waals surface area contributed by atoms with E-state index in [4.69, 9.17) is 5.73 Å². The van der Waals surface area contributed by atoms with Gasteiger partial charge in [-0.1, -0.05) is 18.8 Å². The molecule has 0 bridgehead atoms. The highest BCUT2D eigenvalue weighted by molar-refractivity contribution is 5.95. The number of nitrogens with two attached hydrogens (primary N) is 1. The molecule has 0 saturated carbocycles. The summed E-state index contributed by atoms with van der Waals surface area (Å²) in [5.41, 5.74) is 8.10. The third kappa shape index (κ3) is 3.86. The summed E-state index contributed by atoms with van der Waals surface area (Å²) in [5, 5.41) is 0. The number of rotatable bonds is 2. The lowest BCUT2D eigenvalue weighted by atomic mass is 9.98. The smallest absolute Gasteiger partial charge is 0.254 e. The van der Waals surface area contributed by atoms with Gasteiger partial charge < -0.3 is 10.6 Å². The molecule has 1 aromatic carbocycles. The van der Waals surface area contributed by atoms with Crippen LogP contribution in [0.5, 0.6) is 0 Å². The van der Waals surface area contributed by atoms with Gasteiger partial charge in [0.15, 0.2) is 0 Å². The lowest BCUT2D eigenvalue weighted by Gasteiger charge is -2.35. The van der Waals surface area contributed by atoms with E-state index in [1.165, 1.54) is 6.42 Å². The van der Waals surface area contributed by atoms with Gasteiger partial charge in [0, 0.05) is 23.7 Å². The fourth-order valence-electron chi connectivity index (χ4n) is 2.99. The summed E-state index contributed by atoms with van der Waals surface area (Å²) in [4.78, 5) is 14.8. The normalized spacial score (nSPS) is 18.0.